The van der Waals surface area contributed by atoms with Gasteiger partial charge in [-0.05, 0) is 44.2 Å². The summed E-state index contributed by atoms with van der Waals surface area (Å²) >= 11 is 3.50. The number of halogens is 1. The Labute approximate surface area is 161 Å². The van der Waals surface area contributed by atoms with Gasteiger partial charge < -0.3 is 4.74 Å². The second-order valence-corrected chi connectivity index (χ2v) is 6.96. The lowest BCUT2D eigenvalue weighted by Crippen LogP contribution is -2.08. The van der Waals surface area contributed by atoms with E-state index in [1.807, 2.05) is 79.3 Å². The number of aromatic nitrogens is 2. The van der Waals surface area contributed by atoms with Crippen LogP contribution in [0.15, 0.2) is 71.3 Å². The van der Waals surface area contributed by atoms with Gasteiger partial charge in [-0.3, -0.25) is 0 Å². The zero-order chi connectivity index (χ0) is 18.5. The van der Waals surface area contributed by atoms with Gasteiger partial charge in [0.05, 0.1) is 17.5 Å². The molecule has 0 radical (unpaired) electrons. The van der Waals surface area contributed by atoms with Crippen molar-refractivity contribution in [2.24, 2.45) is 0 Å². The van der Waals surface area contributed by atoms with Crippen LogP contribution in [0.5, 0.6) is 0 Å². The van der Waals surface area contributed by atoms with E-state index < -0.39 is 0 Å². The van der Waals surface area contributed by atoms with E-state index in [1.165, 1.54) is 6.08 Å². The van der Waals surface area contributed by atoms with Crippen LogP contribution in [0.25, 0.3) is 23.0 Å². The maximum absolute atomic E-state index is 11.9. The number of para-hydroxylation sites is 1. The fourth-order valence-corrected chi connectivity index (χ4v) is 2.91. The fraction of sp³-hybridized carbons (Fsp3) is 0.143. The van der Waals surface area contributed by atoms with Crippen LogP contribution < -0.4 is 0 Å². The average Bonchev–Trinajstić information content (AvgIpc) is 3.04. The molecule has 3 rings (SSSR count). The molecule has 132 valence electrons. The second kappa shape index (κ2) is 8.15. The SMILES string of the molecule is CC(C)OC(=O)/C=C/c1cn(-c2ccccc2)nc1-c1cccc(Br)c1. The number of ether oxygens (including phenoxy) is 1. The van der Waals surface area contributed by atoms with Crippen molar-refractivity contribution in [1.82, 2.24) is 9.78 Å². The molecule has 0 N–H and O–H groups in total. The molecule has 0 aliphatic heterocycles. The third-order valence-corrected chi connectivity index (χ3v) is 4.11. The molecule has 1 aromatic heterocycles. The van der Waals surface area contributed by atoms with Gasteiger partial charge in [0, 0.05) is 27.9 Å². The molecule has 1 heterocycles. The highest BCUT2D eigenvalue weighted by atomic mass is 79.9. The summed E-state index contributed by atoms with van der Waals surface area (Å²) in [7, 11) is 0. The molecule has 26 heavy (non-hydrogen) atoms. The van der Waals surface area contributed by atoms with Gasteiger partial charge in [-0.1, -0.05) is 46.3 Å². The van der Waals surface area contributed by atoms with Gasteiger partial charge in [0.25, 0.3) is 0 Å². The van der Waals surface area contributed by atoms with Gasteiger partial charge in [-0.2, -0.15) is 5.10 Å². The van der Waals surface area contributed by atoms with Gasteiger partial charge >= 0.3 is 5.97 Å². The van der Waals surface area contributed by atoms with E-state index >= 15 is 0 Å². The highest BCUT2D eigenvalue weighted by molar-refractivity contribution is 9.10. The van der Waals surface area contributed by atoms with E-state index in [4.69, 9.17) is 9.84 Å². The fourth-order valence-electron chi connectivity index (χ4n) is 2.51. The Morgan fingerprint density at radius 2 is 1.92 bits per heavy atom. The average molecular weight is 411 g/mol. The van der Waals surface area contributed by atoms with Crippen LogP contribution >= 0.6 is 15.9 Å². The monoisotopic (exact) mass is 410 g/mol. The van der Waals surface area contributed by atoms with Crippen molar-refractivity contribution < 1.29 is 9.53 Å². The molecule has 2 aromatic carbocycles. The quantitative estimate of drug-likeness (QED) is 0.425. The summed E-state index contributed by atoms with van der Waals surface area (Å²) in [5.74, 6) is -0.368. The van der Waals surface area contributed by atoms with Crippen molar-refractivity contribution >= 4 is 28.0 Å². The lowest BCUT2D eigenvalue weighted by atomic mass is 10.1. The zero-order valence-corrected chi connectivity index (χ0v) is 16.2. The number of nitrogens with zero attached hydrogens (tertiary/aromatic N) is 2. The van der Waals surface area contributed by atoms with Crippen LogP contribution in [0.3, 0.4) is 0 Å². The molecule has 0 spiro atoms. The summed E-state index contributed by atoms with van der Waals surface area (Å²) < 4.78 is 7.95. The Morgan fingerprint density at radius 3 is 2.62 bits per heavy atom. The highest BCUT2D eigenvalue weighted by Gasteiger charge is 2.11. The highest BCUT2D eigenvalue weighted by Crippen LogP contribution is 2.27. The largest absolute Gasteiger partial charge is 0.460 e. The van der Waals surface area contributed by atoms with Crippen molar-refractivity contribution in [3.63, 3.8) is 0 Å². The van der Waals surface area contributed by atoms with Gasteiger partial charge in [0.15, 0.2) is 0 Å². The van der Waals surface area contributed by atoms with Crippen LogP contribution in [0, 0.1) is 0 Å². The summed E-state index contributed by atoms with van der Waals surface area (Å²) in [5.41, 5.74) is 3.55. The number of hydrogen-bond acceptors (Lipinski definition) is 3. The molecule has 0 amide bonds. The van der Waals surface area contributed by atoms with Crippen LogP contribution in [0.4, 0.5) is 0 Å². The Balaban J connectivity index is 2.02. The number of rotatable bonds is 5. The Bertz CT molecular complexity index is 930. The van der Waals surface area contributed by atoms with Gasteiger partial charge in [-0.15, -0.1) is 0 Å². The first-order valence-corrected chi connectivity index (χ1v) is 9.12. The van der Waals surface area contributed by atoms with E-state index in [-0.39, 0.29) is 12.1 Å². The summed E-state index contributed by atoms with van der Waals surface area (Å²) in [4.78, 5) is 11.9. The maximum Gasteiger partial charge on any atom is 0.331 e. The molecule has 0 aliphatic carbocycles. The standard InChI is InChI=1S/C21H19BrN2O2/c1-15(2)26-20(25)12-11-17-14-24(19-9-4-3-5-10-19)23-21(17)16-7-6-8-18(22)13-16/h3-15H,1-2H3/b12-11+. The molecule has 0 bridgehead atoms. The van der Waals surface area contributed by atoms with Crippen molar-refractivity contribution in [2.45, 2.75) is 20.0 Å². The lowest BCUT2D eigenvalue weighted by Gasteiger charge is -2.04. The number of carbonyl (C=O) groups excluding carboxylic acids is 1. The minimum atomic E-state index is -0.368. The number of hydrogen-bond donors (Lipinski definition) is 0. The first-order chi connectivity index (χ1) is 12.5. The van der Waals surface area contributed by atoms with Crippen molar-refractivity contribution in [3.8, 4) is 16.9 Å². The normalized spacial score (nSPS) is 11.2. The minimum Gasteiger partial charge on any atom is -0.460 e. The van der Waals surface area contributed by atoms with Crippen LogP contribution in [0.2, 0.25) is 0 Å². The summed E-state index contributed by atoms with van der Waals surface area (Å²) in [5, 5.41) is 4.72. The van der Waals surface area contributed by atoms with E-state index in [9.17, 15) is 4.79 Å². The van der Waals surface area contributed by atoms with Crippen molar-refractivity contribution in [3.05, 3.63) is 76.9 Å². The van der Waals surface area contributed by atoms with E-state index in [0.29, 0.717) is 0 Å². The zero-order valence-electron chi connectivity index (χ0n) is 14.6. The predicted molar refractivity (Wildman–Crippen MR) is 107 cm³/mol. The third-order valence-electron chi connectivity index (χ3n) is 3.61. The van der Waals surface area contributed by atoms with Crippen LogP contribution in [-0.4, -0.2) is 21.9 Å². The topological polar surface area (TPSA) is 44.1 Å². The summed E-state index contributed by atoms with van der Waals surface area (Å²) in [6.45, 7) is 3.65. The number of benzene rings is 2. The van der Waals surface area contributed by atoms with E-state index in [0.717, 1.165) is 27.0 Å². The summed E-state index contributed by atoms with van der Waals surface area (Å²) in [6.07, 6.45) is 4.94. The molecule has 3 aromatic rings. The maximum atomic E-state index is 11.9. The molecule has 0 fully saturated rings. The van der Waals surface area contributed by atoms with Crippen LogP contribution in [-0.2, 0) is 9.53 Å². The van der Waals surface area contributed by atoms with Gasteiger partial charge in [0.1, 0.15) is 0 Å². The van der Waals surface area contributed by atoms with Crippen molar-refractivity contribution in [1.29, 1.82) is 0 Å². The smallest absolute Gasteiger partial charge is 0.331 e. The Hall–Kier alpha value is -2.66. The second-order valence-electron chi connectivity index (χ2n) is 6.04. The molecule has 0 atom stereocenters. The van der Waals surface area contributed by atoms with Crippen molar-refractivity contribution in [2.75, 3.05) is 0 Å². The lowest BCUT2D eigenvalue weighted by molar-refractivity contribution is -0.141. The molecule has 4 nitrogen and oxygen atoms in total. The van der Waals surface area contributed by atoms with Gasteiger partial charge in [-0.25, -0.2) is 9.48 Å². The first kappa shape index (κ1) is 18.1. The van der Waals surface area contributed by atoms with E-state index in [2.05, 4.69) is 15.9 Å². The predicted octanol–water partition coefficient (Wildman–Crippen LogP) is 5.27. The molecular formula is C21H19BrN2O2. The molecular weight excluding hydrogens is 392 g/mol. The summed E-state index contributed by atoms with van der Waals surface area (Å²) in [6, 6.07) is 17.8. The Kier molecular flexibility index (Phi) is 5.68. The molecule has 5 heteroatoms. The van der Waals surface area contributed by atoms with Crippen LogP contribution in [0.1, 0.15) is 19.4 Å². The number of esters is 1. The third kappa shape index (κ3) is 4.49. The molecule has 0 saturated carbocycles. The minimum absolute atomic E-state index is 0.149. The first-order valence-electron chi connectivity index (χ1n) is 8.32. The molecule has 0 aliphatic rings. The molecule has 0 unspecified atom stereocenters. The molecule has 0 saturated heterocycles. The van der Waals surface area contributed by atoms with E-state index in [1.54, 1.807) is 6.08 Å². The van der Waals surface area contributed by atoms with Gasteiger partial charge in [0.2, 0.25) is 0 Å². The Morgan fingerprint density at radius 1 is 1.15 bits per heavy atom. The number of carbonyl (C=O) groups is 1.